The fourth-order valence-electron chi connectivity index (χ4n) is 2.16. The standard InChI is InChI=1S/C18H15ClN2O/c19-17-7-2-8-18(11-17)22-9-3-6-16(13-21)15-5-1-4-14(10-15)12-20/h1-2,4-5,7-8,10-11,16H,3,6,9H2. The van der Waals surface area contributed by atoms with Crippen molar-refractivity contribution in [2.75, 3.05) is 6.61 Å². The van der Waals surface area contributed by atoms with Gasteiger partial charge in [0.25, 0.3) is 0 Å². The van der Waals surface area contributed by atoms with Gasteiger partial charge in [-0.15, -0.1) is 0 Å². The van der Waals surface area contributed by atoms with Gasteiger partial charge < -0.3 is 4.74 Å². The Balaban J connectivity index is 1.87. The lowest BCUT2D eigenvalue weighted by Gasteiger charge is -2.11. The smallest absolute Gasteiger partial charge is 0.120 e. The van der Waals surface area contributed by atoms with Gasteiger partial charge in [-0.2, -0.15) is 10.5 Å². The third kappa shape index (κ3) is 4.52. The molecule has 4 heteroatoms. The number of hydrogen-bond acceptors (Lipinski definition) is 3. The number of benzene rings is 2. The lowest BCUT2D eigenvalue weighted by Crippen LogP contribution is -2.02. The highest BCUT2D eigenvalue weighted by Gasteiger charge is 2.11. The second kappa shape index (κ2) is 8.08. The van der Waals surface area contributed by atoms with Crippen molar-refractivity contribution in [1.82, 2.24) is 0 Å². The minimum atomic E-state index is -0.226. The van der Waals surface area contributed by atoms with Crippen LogP contribution in [-0.2, 0) is 0 Å². The van der Waals surface area contributed by atoms with Crippen LogP contribution >= 0.6 is 11.6 Å². The molecule has 0 aliphatic carbocycles. The van der Waals surface area contributed by atoms with Gasteiger partial charge in [0.15, 0.2) is 0 Å². The van der Waals surface area contributed by atoms with Crippen LogP contribution in [0.1, 0.15) is 29.9 Å². The average Bonchev–Trinajstić information content (AvgIpc) is 2.55. The molecular formula is C18H15ClN2O. The number of nitriles is 2. The molecule has 0 saturated heterocycles. The van der Waals surface area contributed by atoms with E-state index in [1.165, 1.54) is 0 Å². The summed E-state index contributed by atoms with van der Waals surface area (Å²) < 4.78 is 5.62. The fourth-order valence-corrected chi connectivity index (χ4v) is 2.35. The Kier molecular flexibility index (Phi) is 5.83. The Morgan fingerprint density at radius 3 is 2.64 bits per heavy atom. The summed E-state index contributed by atoms with van der Waals surface area (Å²) in [6.07, 6.45) is 1.44. The monoisotopic (exact) mass is 310 g/mol. The third-order valence-electron chi connectivity index (χ3n) is 3.28. The van der Waals surface area contributed by atoms with Crippen LogP contribution in [0.3, 0.4) is 0 Å². The largest absolute Gasteiger partial charge is 0.494 e. The van der Waals surface area contributed by atoms with Gasteiger partial charge >= 0.3 is 0 Å². The van der Waals surface area contributed by atoms with E-state index in [9.17, 15) is 5.26 Å². The lowest BCUT2D eigenvalue weighted by atomic mass is 9.94. The first-order chi connectivity index (χ1) is 10.7. The number of hydrogen-bond donors (Lipinski definition) is 0. The quantitative estimate of drug-likeness (QED) is 0.728. The molecule has 0 amide bonds. The van der Waals surface area contributed by atoms with E-state index in [0.29, 0.717) is 23.6 Å². The van der Waals surface area contributed by atoms with Gasteiger partial charge in [0.05, 0.1) is 30.2 Å². The summed E-state index contributed by atoms with van der Waals surface area (Å²) in [5, 5.41) is 18.9. The fraction of sp³-hybridized carbons (Fsp3) is 0.222. The predicted octanol–water partition coefficient (Wildman–Crippen LogP) is 4.68. The van der Waals surface area contributed by atoms with Crippen LogP contribution in [-0.4, -0.2) is 6.61 Å². The molecule has 3 nitrogen and oxygen atoms in total. The van der Waals surface area contributed by atoms with Crippen LogP contribution in [0.25, 0.3) is 0 Å². The molecule has 0 saturated carbocycles. The van der Waals surface area contributed by atoms with E-state index < -0.39 is 0 Å². The number of rotatable bonds is 6. The van der Waals surface area contributed by atoms with E-state index in [2.05, 4.69) is 12.1 Å². The van der Waals surface area contributed by atoms with Crippen molar-refractivity contribution in [3.63, 3.8) is 0 Å². The second-order valence-corrected chi connectivity index (χ2v) is 5.30. The summed E-state index contributed by atoms with van der Waals surface area (Å²) >= 11 is 5.89. The summed E-state index contributed by atoms with van der Waals surface area (Å²) in [6.45, 7) is 0.524. The van der Waals surface area contributed by atoms with Crippen LogP contribution in [0.15, 0.2) is 48.5 Å². The molecule has 2 rings (SSSR count). The van der Waals surface area contributed by atoms with Gasteiger partial charge in [-0.05, 0) is 48.7 Å². The van der Waals surface area contributed by atoms with Crippen molar-refractivity contribution in [2.45, 2.75) is 18.8 Å². The normalized spacial score (nSPS) is 11.2. The highest BCUT2D eigenvalue weighted by atomic mass is 35.5. The molecule has 22 heavy (non-hydrogen) atoms. The van der Waals surface area contributed by atoms with Crippen molar-refractivity contribution < 1.29 is 4.74 Å². The Bertz CT molecular complexity index is 716. The molecule has 0 N–H and O–H groups in total. The minimum Gasteiger partial charge on any atom is -0.494 e. The molecule has 0 radical (unpaired) electrons. The third-order valence-corrected chi connectivity index (χ3v) is 3.51. The maximum absolute atomic E-state index is 9.30. The van der Waals surface area contributed by atoms with Crippen molar-refractivity contribution in [1.29, 1.82) is 10.5 Å². The van der Waals surface area contributed by atoms with Gasteiger partial charge in [-0.3, -0.25) is 0 Å². The Morgan fingerprint density at radius 1 is 1.09 bits per heavy atom. The van der Waals surface area contributed by atoms with Gasteiger partial charge in [-0.1, -0.05) is 29.8 Å². The molecule has 0 bridgehead atoms. The molecule has 0 aliphatic rings. The highest BCUT2D eigenvalue weighted by Crippen LogP contribution is 2.22. The molecule has 1 unspecified atom stereocenters. The van der Waals surface area contributed by atoms with Crippen molar-refractivity contribution in [3.05, 3.63) is 64.7 Å². The lowest BCUT2D eigenvalue weighted by molar-refractivity contribution is 0.305. The van der Waals surface area contributed by atoms with Crippen LogP contribution in [0, 0.1) is 22.7 Å². The summed E-state index contributed by atoms with van der Waals surface area (Å²) in [7, 11) is 0. The van der Waals surface area contributed by atoms with Crippen LogP contribution in [0.5, 0.6) is 5.75 Å². The Morgan fingerprint density at radius 2 is 1.91 bits per heavy atom. The molecular weight excluding hydrogens is 296 g/mol. The average molecular weight is 311 g/mol. The van der Waals surface area contributed by atoms with Crippen LogP contribution < -0.4 is 4.74 Å². The van der Waals surface area contributed by atoms with Crippen LogP contribution in [0.4, 0.5) is 0 Å². The zero-order valence-electron chi connectivity index (χ0n) is 12.0. The van der Waals surface area contributed by atoms with Crippen molar-refractivity contribution in [3.8, 4) is 17.9 Å². The Labute approximate surface area is 135 Å². The molecule has 2 aromatic carbocycles. The maximum Gasteiger partial charge on any atom is 0.120 e. The SMILES string of the molecule is N#Cc1cccc(C(C#N)CCCOc2cccc(Cl)c2)c1. The van der Waals surface area contributed by atoms with E-state index in [1.54, 1.807) is 30.3 Å². The van der Waals surface area contributed by atoms with E-state index >= 15 is 0 Å². The molecule has 0 spiro atoms. The molecule has 0 aromatic heterocycles. The first-order valence-electron chi connectivity index (χ1n) is 7.01. The molecule has 0 aliphatic heterocycles. The van der Waals surface area contributed by atoms with E-state index in [4.69, 9.17) is 21.6 Å². The zero-order valence-corrected chi connectivity index (χ0v) is 12.8. The van der Waals surface area contributed by atoms with Crippen molar-refractivity contribution >= 4 is 11.6 Å². The first kappa shape index (κ1) is 15.9. The molecule has 0 fully saturated rings. The van der Waals surface area contributed by atoms with Gasteiger partial charge in [0.1, 0.15) is 5.75 Å². The van der Waals surface area contributed by atoms with Gasteiger partial charge in [0.2, 0.25) is 0 Å². The minimum absolute atomic E-state index is 0.226. The summed E-state index contributed by atoms with van der Waals surface area (Å²) in [5.74, 6) is 0.503. The summed E-state index contributed by atoms with van der Waals surface area (Å²) in [4.78, 5) is 0. The summed E-state index contributed by atoms with van der Waals surface area (Å²) in [5.41, 5.74) is 1.46. The highest BCUT2D eigenvalue weighted by molar-refractivity contribution is 6.30. The number of halogens is 1. The van der Waals surface area contributed by atoms with Gasteiger partial charge in [-0.25, -0.2) is 0 Å². The van der Waals surface area contributed by atoms with E-state index in [0.717, 1.165) is 17.7 Å². The molecule has 110 valence electrons. The van der Waals surface area contributed by atoms with Crippen LogP contribution in [0.2, 0.25) is 5.02 Å². The summed E-state index contributed by atoms with van der Waals surface area (Å²) in [6, 6.07) is 18.8. The maximum atomic E-state index is 9.30. The Hall–Kier alpha value is -2.49. The molecule has 0 heterocycles. The zero-order chi connectivity index (χ0) is 15.8. The molecule has 2 aromatic rings. The number of nitrogens with zero attached hydrogens (tertiary/aromatic N) is 2. The van der Waals surface area contributed by atoms with Gasteiger partial charge in [0, 0.05) is 5.02 Å². The van der Waals surface area contributed by atoms with E-state index in [-0.39, 0.29) is 5.92 Å². The topological polar surface area (TPSA) is 56.8 Å². The van der Waals surface area contributed by atoms with Crippen molar-refractivity contribution in [2.24, 2.45) is 0 Å². The molecule has 1 atom stereocenters. The first-order valence-corrected chi connectivity index (χ1v) is 7.39. The van der Waals surface area contributed by atoms with E-state index in [1.807, 2.05) is 18.2 Å². The predicted molar refractivity (Wildman–Crippen MR) is 85.7 cm³/mol. The number of ether oxygens (including phenoxy) is 1. The second-order valence-electron chi connectivity index (χ2n) is 4.87.